The van der Waals surface area contributed by atoms with Gasteiger partial charge in [-0.2, -0.15) is 0 Å². The monoisotopic (exact) mass is 393 g/mol. The van der Waals surface area contributed by atoms with E-state index >= 15 is 0 Å². The maximum absolute atomic E-state index is 11.8. The van der Waals surface area contributed by atoms with Crippen LogP contribution in [0.15, 0.2) is 42.5 Å². The minimum absolute atomic E-state index is 0.0858. The first kappa shape index (κ1) is 18.5. The highest BCUT2D eigenvalue weighted by atomic mass is 35.5. The molecule has 5 nitrogen and oxygen atoms in total. The van der Waals surface area contributed by atoms with Crippen molar-refractivity contribution in [2.24, 2.45) is 5.92 Å². The highest BCUT2D eigenvalue weighted by molar-refractivity contribution is 6.34. The van der Waals surface area contributed by atoms with Gasteiger partial charge in [0.2, 0.25) is 5.91 Å². The molecular weight excluding hydrogens is 377 g/mol. The van der Waals surface area contributed by atoms with E-state index in [0.717, 1.165) is 5.56 Å². The van der Waals surface area contributed by atoms with Crippen molar-refractivity contribution < 1.29 is 19.4 Å². The van der Waals surface area contributed by atoms with Gasteiger partial charge < -0.3 is 14.7 Å². The van der Waals surface area contributed by atoms with E-state index in [1.165, 1.54) is 0 Å². The maximum Gasteiger partial charge on any atom is 0.308 e. The minimum atomic E-state index is -0.915. The smallest absolute Gasteiger partial charge is 0.308 e. The Morgan fingerprint density at radius 1 is 1.19 bits per heavy atom. The van der Waals surface area contributed by atoms with E-state index in [4.69, 9.17) is 33.0 Å². The summed E-state index contributed by atoms with van der Waals surface area (Å²) < 4.78 is 5.73. The summed E-state index contributed by atoms with van der Waals surface area (Å²) >= 11 is 12.0. The van der Waals surface area contributed by atoms with Crippen LogP contribution in [0.2, 0.25) is 10.0 Å². The van der Waals surface area contributed by atoms with Crippen molar-refractivity contribution in [2.45, 2.75) is 12.8 Å². The summed E-state index contributed by atoms with van der Waals surface area (Å²) in [6.07, 6.45) is 0.735. The third-order valence-corrected chi connectivity index (χ3v) is 4.83. The summed E-state index contributed by atoms with van der Waals surface area (Å²) in [5, 5.41) is 10.0. The van der Waals surface area contributed by atoms with Crippen LogP contribution in [0, 0.1) is 5.92 Å². The van der Waals surface area contributed by atoms with Crippen LogP contribution in [0.25, 0.3) is 0 Å². The molecule has 0 aliphatic carbocycles. The number of rotatable bonds is 6. The van der Waals surface area contributed by atoms with Gasteiger partial charge in [0.1, 0.15) is 11.5 Å². The van der Waals surface area contributed by atoms with Crippen LogP contribution in [0.1, 0.15) is 12.0 Å². The number of likely N-dealkylation sites (tertiary alicyclic amines) is 1. The first-order chi connectivity index (χ1) is 12.4. The Labute approximate surface area is 161 Å². The largest absolute Gasteiger partial charge is 0.481 e. The highest BCUT2D eigenvalue weighted by Gasteiger charge is 2.33. The predicted octanol–water partition coefficient (Wildman–Crippen LogP) is 4.26. The number of carboxylic acid groups (broad SMARTS) is 1. The lowest BCUT2D eigenvalue weighted by molar-refractivity contribution is -0.141. The van der Waals surface area contributed by atoms with Gasteiger partial charge in [-0.25, -0.2) is 0 Å². The van der Waals surface area contributed by atoms with Crippen molar-refractivity contribution in [1.29, 1.82) is 0 Å². The van der Waals surface area contributed by atoms with Crippen molar-refractivity contribution in [1.82, 2.24) is 4.90 Å². The van der Waals surface area contributed by atoms with Gasteiger partial charge in [-0.1, -0.05) is 35.3 Å². The fourth-order valence-corrected chi connectivity index (χ4v) is 3.14. The molecule has 0 spiro atoms. The molecule has 7 heteroatoms. The Bertz CT molecular complexity index is 823. The predicted molar refractivity (Wildman–Crippen MR) is 99.0 cm³/mol. The van der Waals surface area contributed by atoms with Gasteiger partial charge in [-0.3, -0.25) is 9.59 Å². The topological polar surface area (TPSA) is 66.8 Å². The van der Waals surface area contributed by atoms with E-state index in [1.807, 2.05) is 24.3 Å². The molecule has 0 aromatic heterocycles. The second kappa shape index (κ2) is 7.98. The summed E-state index contributed by atoms with van der Waals surface area (Å²) in [7, 11) is 0. The molecular formula is C19H17Cl2NO4. The number of carbonyl (C=O) groups excluding carboxylic acids is 1. The Hall–Kier alpha value is -2.24. The molecule has 2 aromatic rings. The number of amides is 1. The molecule has 1 saturated heterocycles. The number of carboxylic acids is 1. The van der Waals surface area contributed by atoms with Crippen LogP contribution < -0.4 is 4.74 Å². The molecule has 1 aliphatic heterocycles. The quantitative estimate of drug-likeness (QED) is 0.795. The summed E-state index contributed by atoms with van der Waals surface area (Å²) in [6, 6.07) is 12.5. The molecule has 26 heavy (non-hydrogen) atoms. The van der Waals surface area contributed by atoms with E-state index < -0.39 is 11.9 Å². The van der Waals surface area contributed by atoms with Crippen molar-refractivity contribution >= 4 is 35.1 Å². The zero-order valence-electron chi connectivity index (χ0n) is 13.8. The summed E-state index contributed by atoms with van der Waals surface area (Å²) in [5.41, 5.74) is 1.03. The van der Waals surface area contributed by atoms with Crippen LogP contribution in [0.3, 0.4) is 0 Å². The van der Waals surface area contributed by atoms with Gasteiger partial charge in [0.05, 0.1) is 10.9 Å². The molecule has 1 aliphatic rings. The molecule has 1 N–H and O–H groups in total. The Balaban J connectivity index is 1.57. The summed E-state index contributed by atoms with van der Waals surface area (Å²) in [5.74, 6) is -0.508. The SMILES string of the molecule is O=C(O)C1CC(=O)N(CCc2ccc(Oc3cc(Cl)ccc3Cl)cc2)C1. The number of benzene rings is 2. The second-order valence-electron chi connectivity index (χ2n) is 6.15. The van der Waals surface area contributed by atoms with Crippen molar-refractivity contribution in [3.05, 3.63) is 58.1 Å². The van der Waals surface area contributed by atoms with E-state index in [-0.39, 0.29) is 18.9 Å². The lowest BCUT2D eigenvalue weighted by atomic mass is 10.1. The number of nitrogens with zero attached hydrogens (tertiary/aromatic N) is 1. The summed E-state index contributed by atoms with van der Waals surface area (Å²) in [6.45, 7) is 0.783. The Morgan fingerprint density at radius 2 is 1.92 bits per heavy atom. The molecule has 1 unspecified atom stereocenters. The van der Waals surface area contributed by atoms with E-state index in [9.17, 15) is 9.59 Å². The third-order valence-electron chi connectivity index (χ3n) is 4.28. The average Bonchev–Trinajstić information content (AvgIpc) is 2.99. The third kappa shape index (κ3) is 4.48. The fourth-order valence-electron chi connectivity index (χ4n) is 2.82. The van der Waals surface area contributed by atoms with Crippen LogP contribution in [0.4, 0.5) is 0 Å². The number of ether oxygens (including phenoxy) is 1. The lowest BCUT2D eigenvalue weighted by Gasteiger charge is -2.16. The van der Waals surface area contributed by atoms with Crippen LogP contribution >= 0.6 is 23.2 Å². The van der Waals surface area contributed by atoms with Crippen molar-refractivity contribution in [2.75, 3.05) is 13.1 Å². The molecule has 2 aromatic carbocycles. The van der Waals surface area contributed by atoms with Gasteiger partial charge in [0.15, 0.2) is 0 Å². The fraction of sp³-hybridized carbons (Fsp3) is 0.263. The molecule has 1 fully saturated rings. The standard InChI is InChI=1S/C19H17Cl2NO4/c20-14-3-6-16(21)17(10-14)26-15-4-1-12(2-5-15)7-8-22-11-13(19(24)25)9-18(22)23/h1-6,10,13H,7-9,11H2,(H,24,25). The van der Waals surface area contributed by atoms with Crippen LogP contribution in [-0.2, 0) is 16.0 Å². The zero-order valence-corrected chi connectivity index (χ0v) is 15.3. The zero-order chi connectivity index (χ0) is 18.7. The van der Waals surface area contributed by atoms with Gasteiger partial charge >= 0.3 is 5.97 Å². The second-order valence-corrected chi connectivity index (χ2v) is 6.99. The molecule has 1 amide bonds. The van der Waals surface area contributed by atoms with Crippen LogP contribution in [0.5, 0.6) is 11.5 Å². The summed E-state index contributed by atoms with van der Waals surface area (Å²) in [4.78, 5) is 24.4. The van der Waals surface area contributed by atoms with Crippen molar-refractivity contribution in [3.63, 3.8) is 0 Å². The number of halogens is 2. The van der Waals surface area contributed by atoms with Gasteiger partial charge in [0, 0.05) is 30.6 Å². The molecule has 3 rings (SSSR count). The minimum Gasteiger partial charge on any atom is -0.481 e. The highest BCUT2D eigenvalue weighted by Crippen LogP contribution is 2.32. The number of hydrogen-bond acceptors (Lipinski definition) is 3. The molecule has 136 valence electrons. The van der Waals surface area contributed by atoms with E-state index in [2.05, 4.69) is 0 Å². The number of hydrogen-bond donors (Lipinski definition) is 1. The number of aliphatic carboxylic acids is 1. The molecule has 0 saturated carbocycles. The Kier molecular flexibility index (Phi) is 5.69. The molecule has 0 radical (unpaired) electrons. The van der Waals surface area contributed by atoms with Gasteiger partial charge in [0.25, 0.3) is 0 Å². The molecule has 0 bridgehead atoms. The van der Waals surface area contributed by atoms with E-state index in [0.29, 0.717) is 34.5 Å². The lowest BCUT2D eigenvalue weighted by Crippen LogP contribution is -2.28. The van der Waals surface area contributed by atoms with Crippen LogP contribution in [-0.4, -0.2) is 35.0 Å². The normalized spacial score (nSPS) is 16.8. The first-order valence-corrected chi connectivity index (χ1v) is 8.90. The van der Waals surface area contributed by atoms with Crippen molar-refractivity contribution in [3.8, 4) is 11.5 Å². The molecule has 1 heterocycles. The number of carbonyl (C=O) groups is 2. The average molecular weight is 394 g/mol. The van der Waals surface area contributed by atoms with E-state index in [1.54, 1.807) is 23.1 Å². The van der Waals surface area contributed by atoms with Gasteiger partial charge in [-0.05, 0) is 36.2 Å². The Morgan fingerprint density at radius 3 is 2.58 bits per heavy atom. The maximum atomic E-state index is 11.8. The first-order valence-electron chi connectivity index (χ1n) is 8.15. The molecule has 1 atom stereocenters. The van der Waals surface area contributed by atoms with Gasteiger partial charge in [-0.15, -0.1) is 0 Å².